The molecule has 122 valence electrons. The van der Waals surface area contributed by atoms with Crippen molar-refractivity contribution in [1.82, 2.24) is 14.9 Å². The number of hydrogen-bond acceptors (Lipinski definition) is 4. The van der Waals surface area contributed by atoms with Crippen LogP contribution in [0.4, 0.5) is 0 Å². The highest BCUT2D eigenvalue weighted by molar-refractivity contribution is 7.90. The van der Waals surface area contributed by atoms with Crippen molar-refractivity contribution in [2.45, 2.75) is 65.3 Å². The first kappa shape index (κ1) is 19.8. The fraction of sp³-hybridized carbons (Fsp3) is 1.00. The third-order valence-electron chi connectivity index (χ3n) is 3.39. The van der Waals surface area contributed by atoms with Crippen molar-refractivity contribution >= 4 is 10.0 Å². The second-order valence-corrected chi connectivity index (χ2v) is 8.06. The van der Waals surface area contributed by atoms with Crippen LogP contribution in [0.5, 0.6) is 0 Å². The molecule has 0 aromatic rings. The minimum atomic E-state index is -3.23. The summed E-state index contributed by atoms with van der Waals surface area (Å²) in [5.41, 5.74) is 0. The third kappa shape index (κ3) is 7.57. The molecule has 0 saturated heterocycles. The molecule has 0 heterocycles. The Morgan fingerprint density at radius 1 is 1.00 bits per heavy atom. The van der Waals surface area contributed by atoms with Crippen molar-refractivity contribution < 1.29 is 8.42 Å². The van der Waals surface area contributed by atoms with E-state index in [2.05, 4.69) is 49.6 Å². The zero-order chi connectivity index (χ0) is 15.8. The van der Waals surface area contributed by atoms with E-state index in [-0.39, 0.29) is 0 Å². The van der Waals surface area contributed by atoms with Gasteiger partial charge in [0, 0.05) is 31.7 Å². The lowest BCUT2D eigenvalue weighted by Crippen LogP contribution is -2.45. The molecule has 1 atom stereocenters. The van der Waals surface area contributed by atoms with E-state index in [0.717, 1.165) is 19.5 Å². The molecular formula is C14H33N3O2S. The molecule has 1 unspecified atom stereocenters. The standard InChI is InChI=1S/C14H33N3O2S/c1-7-8-15-11-14(6)20(18,19)16-9-10-17(12(2)3)13(4)5/h12-16H,7-11H2,1-6H3. The Balaban J connectivity index is 4.21. The fourth-order valence-electron chi connectivity index (χ4n) is 2.16. The van der Waals surface area contributed by atoms with Crippen LogP contribution in [-0.4, -0.2) is 56.8 Å². The molecule has 20 heavy (non-hydrogen) atoms. The van der Waals surface area contributed by atoms with Crippen molar-refractivity contribution in [3.8, 4) is 0 Å². The Labute approximate surface area is 125 Å². The van der Waals surface area contributed by atoms with Crippen LogP contribution in [0.3, 0.4) is 0 Å². The minimum absolute atomic E-state index is 0.402. The largest absolute Gasteiger partial charge is 0.315 e. The first-order chi connectivity index (χ1) is 9.22. The van der Waals surface area contributed by atoms with E-state index in [1.807, 2.05) is 0 Å². The molecule has 6 heteroatoms. The quantitative estimate of drug-likeness (QED) is 0.567. The molecule has 0 bridgehead atoms. The molecule has 0 aromatic carbocycles. The van der Waals surface area contributed by atoms with Gasteiger partial charge in [-0.05, 0) is 47.6 Å². The molecule has 5 nitrogen and oxygen atoms in total. The van der Waals surface area contributed by atoms with Gasteiger partial charge in [0.1, 0.15) is 0 Å². The zero-order valence-corrected chi connectivity index (χ0v) is 14.8. The van der Waals surface area contributed by atoms with Crippen LogP contribution in [0, 0.1) is 0 Å². The van der Waals surface area contributed by atoms with Gasteiger partial charge in [-0.25, -0.2) is 13.1 Å². The maximum absolute atomic E-state index is 12.1. The minimum Gasteiger partial charge on any atom is -0.315 e. The molecule has 0 aliphatic heterocycles. The van der Waals surface area contributed by atoms with Crippen LogP contribution < -0.4 is 10.0 Å². The van der Waals surface area contributed by atoms with Crippen molar-refractivity contribution in [3.05, 3.63) is 0 Å². The van der Waals surface area contributed by atoms with Gasteiger partial charge in [-0.2, -0.15) is 0 Å². The summed E-state index contributed by atoms with van der Waals surface area (Å²) in [5, 5.41) is 2.74. The lowest BCUT2D eigenvalue weighted by atomic mass is 10.2. The van der Waals surface area contributed by atoms with Gasteiger partial charge < -0.3 is 5.32 Å². The first-order valence-electron chi connectivity index (χ1n) is 7.67. The normalized spacial score (nSPS) is 14.4. The van der Waals surface area contributed by atoms with Gasteiger partial charge in [0.15, 0.2) is 0 Å². The first-order valence-corrected chi connectivity index (χ1v) is 9.21. The molecule has 0 aliphatic carbocycles. The van der Waals surface area contributed by atoms with E-state index >= 15 is 0 Å². The van der Waals surface area contributed by atoms with E-state index in [9.17, 15) is 8.42 Å². The molecule has 0 aromatic heterocycles. The predicted molar refractivity (Wildman–Crippen MR) is 86.5 cm³/mol. The van der Waals surface area contributed by atoms with Crippen molar-refractivity contribution in [3.63, 3.8) is 0 Å². The molecule has 0 amide bonds. The highest BCUT2D eigenvalue weighted by Crippen LogP contribution is 2.04. The van der Waals surface area contributed by atoms with Gasteiger partial charge in [0.05, 0.1) is 5.25 Å². The lowest BCUT2D eigenvalue weighted by molar-refractivity contribution is 0.179. The summed E-state index contributed by atoms with van der Waals surface area (Å²) in [6, 6.07) is 0.839. The van der Waals surface area contributed by atoms with Gasteiger partial charge in [-0.3, -0.25) is 4.90 Å². The van der Waals surface area contributed by atoms with Crippen molar-refractivity contribution in [1.29, 1.82) is 0 Å². The smallest absolute Gasteiger partial charge is 0.215 e. The summed E-state index contributed by atoms with van der Waals surface area (Å²) < 4.78 is 26.9. The fourth-order valence-corrected chi connectivity index (χ4v) is 3.16. The van der Waals surface area contributed by atoms with Crippen LogP contribution in [0.25, 0.3) is 0 Å². The molecule has 0 radical (unpaired) electrons. The lowest BCUT2D eigenvalue weighted by Gasteiger charge is -2.30. The maximum atomic E-state index is 12.1. The van der Waals surface area contributed by atoms with Crippen molar-refractivity contribution in [2.24, 2.45) is 0 Å². The second-order valence-electron chi connectivity index (χ2n) is 5.88. The van der Waals surface area contributed by atoms with Crippen LogP contribution in [0.1, 0.15) is 48.0 Å². The molecule has 2 N–H and O–H groups in total. The Hall–Kier alpha value is -0.170. The average molecular weight is 308 g/mol. The van der Waals surface area contributed by atoms with E-state index in [0.29, 0.717) is 25.2 Å². The highest BCUT2D eigenvalue weighted by Gasteiger charge is 2.20. The van der Waals surface area contributed by atoms with Crippen LogP contribution >= 0.6 is 0 Å². The second kappa shape index (κ2) is 9.71. The Kier molecular flexibility index (Phi) is 9.63. The zero-order valence-electron chi connectivity index (χ0n) is 13.9. The van der Waals surface area contributed by atoms with Crippen LogP contribution in [0.2, 0.25) is 0 Å². The molecule has 0 aliphatic rings. The highest BCUT2D eigenvalue weighted by atomic mass is 32.2. The SMILES string of the molecule is CCCNCC(C)S(=O)(=O)NCCN(C(C)C)C(C)C. The van der Waals surface area contributed by atoms with Gasteiger partial charge in [0.2, 0.25) is 10.0 Å². The summed E-state index contributed by atoms with van der Waals surface area (Å²) in [7, 11) is -3.23. The summed E-state index contributed by atoms with van der Waals surface area (Å²) >= 11 is 0. The molecule has 0 fully saturated rings. The van der Waals surface area contributed by atoms with Crippen LogP contribution in [-0.2, 0) is 10.0 Å². The van der Waals surface area contributed by atoms with Crippen molar-refractivity contribution in [2.75, 3.05) is 26.2 Å². The topological polar surface area (TPSA) is 61.4 Å². The number of hydrogen-bond donors (Lipinski definition) is 2. The summed E-state index contributed by atoms with van der Waals surface area (Å²) in [5.74, 6) is 0. The monoisotopic (exact) mass is 307 g/mol. The summed E-state index contributed by atoms with van der Waals surface area (Å²) in [6.45, 7) is 14.9. The molecule has 0 spiro atoms. The average Bonchev–Trinajstić information content (AvgIpc) is 2.33. The number of nitrogens with one attached hydrogen (secondary N) is 2. The Morgan fingerprint density at radius 2 is 1.55 bits per heavy atom. The van der Waals surface area contributed by atoms with E-state index in [1.165, 1.54) is 0 Å². The molecule has 0 rings (SSSR count). The van der Waals surface area contributed by atoms with E-state index in [1.54, 1.807) is 6.92 Å². The predicted octanol–water partition coefficient (Wildman–Crippen LogP) is 1.41. The number of nitrogens with zero attached hydrogens (tertiary/aromatic N) is 1. The van der Waals surface area contributed by atoms with E-state index < -0.39 is 15.3 Å². The number of rotatable bonds is 11. The Bertz CT molecular complexity index is 334. The summed E-state index contributed by atoms with van der Waals surface area (Å²) in [6.07, 6.45) is 1.01. The summed E-state index contributed by atoms with van der Waals surface area (Å²) in [4.78, 5) is 2.28. The van der Waals surface area contributed by atoms with Crippen LogP contribution in [0.15, 0.2) is 0 Å². The Morgan fingerprint density at radius 3 is 2.00 bits per heavy atom. The molecule has 0 saturated carbocycles. The van der Waals surface area contributed by atoms with Gasteiger partial charge in [0.25, 0.3) is 0 Å². The third-order valence-corrected chi connectivity index (χ3v) is 5.22. The van der Waals surface area contributed by atoms with Gasteiger partial charge in [-0.1, -0.05) is 6.92 Å². The van der Waals surface area contributed by atoms with E-state index in [4.69, 9.17) is 0 Å². The number of sulfonamides is 1. The maximum Gasteiger partial charge on any atom is 0.215 e. The molecular weight excluding hydrogens is 274 g/mol. The van der Waals surface area contributed by atoms with Gasteiger partial charge >= 0.3 is 0 Å². The van der Waals surface area contributed by atoms with Gasteiger partial charge in [-0.15, -0.1) is 0 Å².